The van der Waals surface area contributed by atoms with Gasteiger partial charge < -0.3 is 15.8 Å². The molecule has 0 aliphatic rings. The number of nitrogens with two attached hydrogens (primary N) is 1. The fraction of sp³-hybridized carbons (Fsp3) is 0.733. The standard InChI is InChI=1S/C15H27N3O2S/c1-9(2)7-15(5,8-16)18-13(19)12-10(3)17-14(21-12)11(4)20-6/h9,11H,7-8,16H2,1-6H3,(H,18,19). The monoisotopic (exact) mass is 313 g/mol. The third kappa shape index (κ3) is 4.76. The normalized spacial score (nSPS) is 15.8. The number of carbonyl (C=O) groups excluding carboxylic acids is 1. The molecular weight excluding hydrogens is 286 g/mol. The molecule has 0 radical (unpaired) electrons. The van der Waals surface area contributed by atoms with Crippen LogP contribution >= 0.6 is 11.3 Å². The van der Waals surface area contributed by atoms with Gasteiger partial charge in [-0.1, -0.05) is 13.8 Å². The summed E-state index contributed by atoms with van der Waals surface area (Å²) >= 11 is 1.38. The second kappa shape index (κ2) is 7.33. The average molecular weight is 313 g/mol. The van der Waals surface area contributed by atoms with E-state index in [9.17, 15) is 4.79 Å². The molecule has 6 heteroatoms. The average Bonchev–Trinajstić information content (AvgIpc) is 2.79. The van der Waals surface area contributed by atoms with E-state index in [-0.39, 0.29) is 12.0 Å². The number of ether oxygens (including phenoxy) is 1. The van der Waals surface area contributed by atoms with Crippen molar-refractivity contribution in [2.45, 2.75) is 52.7 Å². The Kier molecular flexibility index (Phi) is 6.31. The Morgan fingerprint density at radius 3 is 2.57 bits per heavy atom. The zero-order chi connectivity index (χ0) is 16.2. The predicted molar refractivity (Wildman–Crippen MR) is 86.7 cm³/mol. The van der Waals surface area contributed by atoms with E-state index in [4.69, 9.17) is 10.5 Å². The zero-order valence-electron chi connectivity index (χ0n) is 13.8. The highest BCUT2D eigenvalue weighted by Gasteiger charge is 2.28. The van der Waals surface area contributed by atoms with Gasteiger partial charge >= 0.3 is 0 Å². The summed E-state index contributed by atoms with van der Waals surface area (Å²) in [6, 6.07) is 0. The van der Waals surface area contributed by atoms with Gasteiger partial charge in [0.2, 0.25) is 0 Å². The SMILES string of the molecule is COC(C)c1nc(C)c(C(=O)NC(C)(CN)CC(C)C)s1. The number of hydrogen-bond donors (Lipinski definition) is 2. The lowest BCUT2D eigenvalue weighted by Gasteiger charge is -2.31. The molecule has 1 amide bonds. The van der Waals surface area contributed by atoms with Crippen LogP contribution in [0.3, 0.4) is 0 Å². The largest absolute Gasteiger partial charge is 0.375 e. The number of aromatic nitrogens is 1. The molecule has 3 N–H and O–H groups in total. The van der Waals surface area contributed by atoms with Crippen molar-refractivity contribution >= 4 is 17.2 Å². The lowest BCUT2D eigenvalue weighted by Crippen LogP contribution is -2.52. The summed E-state index contributed by atoms with van der Waals surface area (Å²) < 4.78 is 5.26. The number of thiazole rings is 1. The molecule has 2 unspecified atom stereocenters. The van der Waals surface area contributed by atoms with Crippen LogP contribution in [0.1, 0.15) is 60.6 Å². The molecule has 5 nitrogen and oxygen atoms in total. The Morgan fingerprint density at radius 1 is 1.48 bits per heavy atom. The summed E-state index contributed by atoms with van der Waals surface area (Å²) in [5.41, 5.74) is 6.19. The van der Waals surface area contributed by atoms with Crippen LogP contribution < -0.4 is 11.1 Å². The molecule has 0 aromatic carbocycles. The van der Waals surface area contributed by atoms with Gasteiger partial charge in [-0.05, 0) is 33.1 Å². The number of rotatable bonds is 7. The topological polar surface area (TPSA) is 77.2 Å². The summed E-state index contributed by atoms with van der Waals surface area (Å²) in [5.74, 6) is 0.360. The van der Waals surface area contributed by atoms with Crippen LogP contribution in [0.4, 0.5) is 0 Å². The summed E-state index contributed by atoms with van der Waals surface area (Å²) in [6.07, 6.45) is 0.737. The second-order valence-corrected chi connectivity index (χ2v) is 7.19. The van der Waals surface area contributed by atoms with E-state index in [1.54, 1.807) is 7.11 Å². The van der Waals surface area contributed by atoms with Crippen molar-refractivity contribution in [3.63, 3.8) is 0 Å². The van der Waals surface area contributed by atoms with E-state index in [2.05, 4.69) is 24.1 Å². The molecule has 0 aliphatic carbocycles. The number of carbonyl (C=O) groups is 1. The van der Waals surface area contributed by atoms with E-state index < -0.39 is 5.54 Å². The van der Waals surface area contributed by atoms with Gasteiger partial charge in [-0.25, -0.2) is 4.98 Å². The van der Waals surface area contributed by atoms with Gasteiger partial charge in [0.25, 0.3) is 5.91 Å². The van der Waals surface area contributed by atoms with Crippen LogP contribution in [0, 0.1) is 12.8 Å². The third-order valence-corrected chi connectivity index (χ3v) is 4.76. The maximum atomic E-state index is 12.5. The van der Waals surface area contributed by atoms with Gasteiger partial charge in [-0.15, -0.1) is 11.3 Å². The Hall–Kier alpha value is -0.980. The number of amides is 1. The van der Waals surface area contributed by atoms with E-state index in [1.165, 1.54) is 11.3 Å². The Bertz CT molecular complexity index is 487. The minimum absolute atomic E-state index is 0.104. The van der Waals surface area contributed by atoms with Crippen molar-refractivity contribution in [2.24, 2.45) is 11.7 Å². The summed E-state index contributed by atoms with van der Waals surface area (Å²) in [7, 11) is 1.63. The maximum Gasteiger partial charge on any atom is 0.263 e. The Morgan fingerprint density at radius 2 is 2.10 bits per heavy atom. The van der Waals surface area contributed by atoms with Gasteiger partial charge in [0.15, 0.2) is 0 Å². The first-order valence-electron chi connectivity index (χ1n) is 7.25. The van der Waals surface area contributed by atoms with Crippen LogP contribution in [0.25, 0.3) is 0 Å². The third-order valence-electron chi connectivity index (χ3n) is 3.45. The molecule has 1 aromatic rings. The number of nitrogens with one attached hydrogen (secondary N) is 1. The van der Waals surface area contributed by atoms with E-state index in [0.29, 0.717) is 17.3 Å². The second-order valence-electron chi connectivity index (χ2n) is 6.16. The number of nitrogens with zero attached hydrogens (tertiary/aromatic N) is 1. The van der Waals surface area contributed by atoms with E-state index in [0.717, 1.165) is 17.1 Å². The predicted octanol–water partition coefficient (Wildman–Crippen LogP) is 2.65. The highest BCUT2D eigenvalue weighted by molar-refractivity contribution is 7.13. The molecule has 1 aromatic heterocycles. The van der Waals surface area contributed by atoms with Crippen molar-refractivity contribution in [1.29, 1.82) is 0 Å². The molecule has 0 spiro atoms. The molecule has 21 heavy (non-hydrogen) atoms. The smallest absolute Gasteiger partial charge is 0.263 e. The van der Waals surface area contributed by atoms with Gasteiger partial charge in [0.05, 0.1) is 11.2 Å². The lowest BCUT2D eigenvalue weighted by atomic mass is 9.90. The van der Waals surface area contributed by atoms with Gasteiger partial charge in [0.1, 0.15) is 16.0 Å². The fourth-order valence-electron chi connectivity index (χ4n) is 2.32. The van der Waals surface area contributed by atoms with Gasteiger partial charge in [-0.3, -0.25) is 4.79 Å². The van der Waals surface area contributed by atoms with Crippen molar-refractivity contribution in [3.8, 4) is 0 Å². The zero-order valence-corrected chi connectivity index (χ0v) is 14.6. The van der Waals surface area contributed by atoms with Gasteiger partial charge in [-0.2, -0.15) is 0 Å². The Balaban J connectivity index is 2.91. The summed E-state index contributed by atoms with van der Waals surface area (Å²) in [4.78, 5) is 17.6. The number of hydrogen-bond acceptors (Lipinski definition) is 5. The Labute approximate surface area is 131 Å². The number of aryl methyl sites for hydroxylation is 1. The summed E-state index contributed by atoms with van der Waals surface area (Å²) in [6.45, 7) is 10.4. The van der Waals surface area contributed by atoms with Gasteiger partial charge in [0, 0.05) is 13.7 Å². The molecular formula is C15H27N3O2S. The quantitative estimate of drug-likeness (QED) is 0.811. The fourth-order valence-corrected chi connectivity index (χ4v) is 3.31. The lowest BCUT2D eigenvalue weighted by molar-refractivity contribution is 0.0901. The molecule has 0 saturated carbocycles. The van der Waals surface area contributed by atoms with Crippen LogP contribution in [-0.4, -0.2) is 30.1 Å². The highest BCUT2D eigenvalue weighted by atomic mass is 32.1. The number of methoxy groups -OCH3 is 1. The van der Waals surface area contributed by atoms with Crippen molar-refractivity contribution in [1.82, 2.24) is 10.3 Å². The van der Waals surface area contributed by atoms with Crippen LogP contribution in [-0.2, 0) is 4.74 Å². The van der Waals surface area contributed by atoms with Crippen LogP contribution in [0.5, 0.6) is 0 Å². The highest BCUT2D eigenvalue weighted by Crippen LogP contribution is 2.26. The van der Waals surface area contributed by atoms with Crippen LogP contribution in [0.2, 0.25) is 0 Å². The van der Waals surface area contributed by atoms with Crippen LogP contribution in [0.15, 0.2) is 0 Å². The maximum absolute atomic E-state index is 12.5. The van der Waals surface area contributed by atoms with Crippen molar-refractivity contribution in [3.05, 3.63) is 15.6 Å². The molecule has 0 saturated heterocycles. The van der Waals surface area contributed by atoms with E-state index in [1.807, 2.05) is 20.8 Å². The molecule has 0 aliphatic heterocycles. The minimum atomic E-state index is -0.394. The first kappa shape index (κ1) is 18.1. The van der Waals surface area contributed by atoms with Crippen molar-refractivity contribution < 1.29 is 9.53 Å². The first-order valence-corrected chi connectivity index (χ1v) is 8.06. The van der Waals surface area contributed by atoms with Crippen molar-refractivity contribution in [2.75, 3.05) is 13.7 Å². The molecule has 2 atom stereocenters. The molecule has 1 heterocycles. The minimum Gasteiger partial charge on any atom is -0.375 e. The molecule has 0 fully saturated rings. The molecule has 0 bridgehead atoms. The first-order chi connectivity index (χ1) is 9.72. The summed E-state index contributed by atoms with van der Waals surface area (Å²) in [5, 5.41) is 3.89. The molecule has 120 valence electrons. The van der Waals surface area contributed by atoms with E-state index >= 15 is 0 Å². The molecule has 1 rings (SSSR count).